The Kier molecular flexibility index (Phi) is 7.02. The highest BCUT2D eigenvalue weighted by molar-refractivity contribution is 7.89. The number of ether oxygens (including phenoxy) is 1. The average molecular weight is 458 g/mol. The van der Waals surface area contributed by atoms with Gasteiger partial charge in [0.25, 0.3) is 0 Å². The van der Waals surface area contributed by atoms with Crippen LogP contribution in [0.25, 0.3) is 0 Å². The SMILES string of the molecule is Cc1ccc(S(=O)(=O)N2CCOCC2)cc1NC(=O)CNc1ccc(Cl)c(Cl)c1. The molecule has 1 aliphatic heterocycles. The smallest absolute Gasteiger partial charge is 0.243 e. The number of amides is 1. The minimum atomic E-state index is -3.64. The second kappa shape index (κ2) is 9.32. The molecular weight excluding hydrogens is 437 g/mol. The van der Waals surface area contributed by atoms with Gasteiger partial charge in [-0.1, -0.05) is 29.3 Å². The number of aryl methyl sites for hydroxylation is 1. The molecule has 0 saturated carbocycles. The minimum absolute atomic E-state index is 0.0160. The summed E-state index contributed by atoms with van der Waals surface area (Å²) in [7, 11) is -3.64. The Morgan fingerprint density at radius 1 is 1.10 bits per heavy atom. The van der Waals surface area contributed by atoms with Crippen LogP contribution in [0.3, 0.4) is 0 Å². The van der Waals surface area contributed by atoms with Crippen LogP contribution < -0.4 is 10.6 Å². The van der Waals surface area contributed by atoms with Crippen molar-refractivity contribution in [2.24, 2.45) is 0 Å². The van der Waals surface area contributed by atoms with Gasteiger partial charge in [0, 0.05) is 24.5 Å². The number of carbonyl (C=O) groups excluding carboxylic acids is 1. The van der Waals surface area contributed by atoms with Crippen molar-refractivity contribution in [1.82, 2.24) is 4.31 Å². The molecular formula is C19H21Cl2N3O4S. The molecule has 0 aliphatic carbocycles. The molecule has 2 aromatic rings. The van der Waals surface area contributed by atoms with E-state index in [1.807, 2.05) is 0 Å². The lowest BCUT2D eigenvalue weighted by molar-refractivity contribution is -0.114. The first-order valence-electron chi connectivity index (χ1n) is 8.95. The standard InChI is InChI=1S/C19H21Cl2N3O4S/c1-13-2-4-15(29(26,27)24-6-8-28-9-7-24)11-18(13)23-19(25)12-22-14-3-5-16(20)17(21)10-14/h2-5,10-11,22H,6-9,12H2,1H3,(H,23,25). The molecule has 0 atom stereocenters. The van der Waals surface area contributed by atoms with Gasteiger partial charge in [0.15, 0.2) is 0 Å². The molecule has 1 heterocycles. The van der Waals surface area contributed by atoms with Crippen LogP contribution in [0.15, 0.2) is 41.3 Å². The van der Waals surface area contributed by atoms with E-state index >= 15 is 0 Å². The number of anilines is 2. The van der Waals surface area contributed by atoms with Crippen LogP contribution in [-0.2, 0) is 19.6 Å². The summed E-state index contributed by atoms with van der Waals surface area (Å²) in [5, 5.41) is 6.52. The number of nitrogens with one attached hydrogen (secondary N) is 2. The Morgan fingerprint density at radius 3 is 2.52 bits per heavy atom. The summed E-state index contributed by atoms with van der Waals surface area (Å²) in [5.74, 6) is -0.319. The Morgan fingerprint density at radius 2 is 1.83 bits per heavy atom. The summed E-state index contributed by atoms with van der Waals surface area (Å²) in [4.78, 5) is 12.5. The van der Waals surface area contributed by atoms with E-state index in [1.54, 1.807) is 37.3 Å². The maximum absolute atomic E-state index is 12.8. The van der Waals surface area contributed by atoms with E-state index in [9.17, 15) is 13.2 Å². The molecule has 1 aliphatic rings. The molecule has 1 fully saturated rings. The normalized spacial score (nSPS) is 15.1. The van der Waals surface area contributed by atoms with Gasteiger partial charge in [-0.3, -0.25) is 4.79 Å². The van der Waals surface area contributed by atoms with Crippen molar-refractivity contribution in [2.45, 2.75) is 11.8 Å². The van der Waals surface area contributed by atoms with Gasteiger partial charge >= 0.3 is 0 Å². The number of sulfonamides is 1. The summed E-state index contributed by atoms with van der Waals surface area (Å²) < 4.78 is 32.3. The zero-order chi connectivity index (χ0) is 21.0. The summed E-state index contributed by atoms with van der Waals surface area (Å²) >= 11 is 11.8. The van der Waals surface area contributed by atoms with Crippen molar-refractivity contribution in [2.75, 3.05) is 43.5 Å². The average Bonchev–Trinajstić information content (AvgIpc) is 2.71. The molecule has 29 heavy (non-hydrogen) atoms. The fourth-order valence-corrected chi connectivity index (χ4v) is 4.55. The molecule has 7 nitrogen and oxygen atoms in total. The number of morpholine rings is 1. The predicted molar refractivity (Wildman–Crippen MR) is 114 cm³/mol. The molecule has 0 spiro atoms. The molecule has 0 unspecified atom stereocenters. The molecule has 2 aromatic carbocycles. The van der Waals surface area contributed by atoms with Gasteiger partial charge in [0.1, 0.15) is 0 Å². The van der Waals surface area contributed by atoms with E-state index in [0.29, 0.717) is 47.7 Å². The van der Waals surface area contributed by atoms with Crippen molar-refractivity contribution in [3.63, 3.8) is 0 Å². The molecule has 1 amide bonds. The second-order valence-corrected chi connectivity index (χ2v) is 9.28. The van der Waals surface area contributed by atoms with Crippen molar-refractivity contribution in [3.05, 3.63) is 52.0 Å². The Bertz CT molecular complexity index is 1010. The summed E-state index contributed by atoms with van der Waals surface area (Å²) in [6.45, 7) is 3.14. The van der Waals surface area contributed by atoms with E-state index in [1.165, 1.54) is 10.4 Å². The van der Waals surface area contributed by atoms with Crippen LogP contribution in [0, 0.1) is 6.92 Å². The van der Waals surface area contributed by atoms with Crippen molar-refractivity contribution < 1.29 is 17.9 Å². The predicted octanol–water partition coefficient (Wildman–Crippen LogP) is 3.37. The number of halogens is 2. The van der Waals surface area contributed by atoms with Crippen LogP contribution in [0.1, 0.15) is 5.56 Å². The fraction of sp³-hybridized carbons (Fsp3) is 0.316. The number of carbonyl (C=O) groups is 1. The summed E-state index contributed by atoms with van der Waals surface area (Å²) in [6, 6.07) is 9.67. The fourth-order valence-electron chi connectivity index (χ4n) is 2.82. The molecule has 0 bridgehead atoms. The maximum Gasteiger partial charge on any atom is 0.243 e. The number of hydrogen-bond donors (Lipinski definition) is 2. The first kappa shape index (κ1) is 21.9. The molecule has 2 N–H and O–H groups in total. The summed E-state index contributed by atoms with van der Waals surface area (Å²) in [5.41, 5.74) is 1.85. The largest absolute Gasteiger partial charge is 0.379 e. The van der Waals surface area contributed by atoms with Crippen LogP contribution in [0.5, 0.6) is 0 Å². The lowest BCUT2D eigenvalue weighted by atomic mass is 10.2. The number of hydrogen-bond acceptors (Lipinski definition) is 5. The van der Waals surface area contributed by atoms with E-state index in [2.05, 4.69) is 10.6 Å². The maximum atomic E-state index is 12.8. The van der Waals surface area contributed by atoms with Gasteiger partial charge < -0.3 is 15.4 Å². The first-order chi connectivity index (χ1) is 13.8. The molecule has 0 radical (unpaired) electrons. The lowest BCUT2D eigenvalue weighted by Crippen LogP contribution is -2.40. The zero-order valence-electron chi connectivity index (χ0n) is 15.7. The third-order valence-electron chi connectivity index (χ3n) is 4.46. The molecule has 1 saturated heterocycles. The van der Waals surface area contributed by atoms with Gasteiger partial charge in [0.05, 0.1) is 34.7 Å². The third kappa shape index (κ3) is 5.40. The first-order valence-corrected chi connectivity index (χ1v) is 11.1. The molecule has 156 valence electrons. The number of rotatable bonds is 6. The van der Waals surface area contributed by atoms with Crippen molar-refractivity contribution >= 4 is 50.5 Å². The minimum Gasteiger partial charge on any atom is -0.379 e. The van der Waals surface area contributed by atoms with Crippen LogP contribution >= 0.6 is 23.2 Å². The Labute approximate surface area is 180 Å². The molecule has 3 rings (SSSR count). The monoisotopic (exact) mass is 457 g/mol. The van der Waals surface area contributed by atoms with Crippen molar-refractivity contribution in [3.8, 4) is 0 Å². The lowest BCUT2D eigenvalue weighted by Gasteiger charge is -2.26. The summed E-state index contributed by atoms with van der Waals surface area (Å²) in [6.07, 6.45) is 0. The molecule has 10 heteroatoms. The molecule has 0 aromatic heterocycles. The van der Waals surface area contributed by atoms with Crippen LogP contribution in [-0.4, -0.2) is 51.5 Å². The van der Waals surface area contributed by atoms with Gasteiger partial charge in [-0.15, -0.1) is 0 Å². The van der Waals surface area contributed by atoms with Crippen molar-refractivity contribution in [1.29, 1.82) is 0 Å². The Balaban J connectivity index is 1.69. The number of benzene rings is 2. The highest BCUT2D eigenvalue weighted by atomic mass is 35.5. The second-order valence-electron chi connectivity index (χ2n) is 6.52. The van der Waals surface area contributed by atoms with Crippen LogP contribution in [0.4, 0.5) is 11.4 Å². The van der Waals surface area contributed by atoms with Gasteiger partial charge in [-0.2, -0.15) is 4.31 Å². The highest BCUT2D eigenvalue weighted by Crippen LogP contribution is 2.25. The van der Waals surface area contributed by atoms with E-state index in [-0.39, 0.29) is 17.3 Å². The third-order valence-corrected chi connectivity index (χ3v) is 7.10. The number of nitrogens with zero attached hydrogens (tertiary/aromatic N) is 1. The Hall–Kier alpha value is -1.84. The highest BCUT2D eigenvalue weighted by Gasteiger charge is 2.26. The zero-order valence-corrected chi connectivity index (χ0v) is 18.1. The van der Waals surface area contributed by atoms with Gasteiger partial charge in [0.2, 0.25) is 15.9 Å². The van der Waals surface area contributed by atoms with E-state index in [4.69, 9.17) is 27.9 Å². The van der Waals surface area contributed by atoms with Crippen LogP contribution in [0.2, 0.25) is 10.0 Å². The quantitative estimate of drug-likeness (QED) is 0.693. The topological polar surface area (TPSA) is 87.7 Å². The van der Waals surface area contributed by atoms with E-state index < -0.39 is 10.0 Å². The van der Waals surface area contributed by atoms with Gasteiger partial charge in [-0.25, -0.2) is 8.42 Å². The van der Waals surface area contributed by atoms with Gasteiger partial charge in [-0.05, 0) is 42.8 Å². The van der Waals surface area contributed by atoms with E-state index in [0.717, 1.165) is 5.56 Å².